The molecule has 0 saturated carbocycles. The summed E-state index contributed by atoms with van der Waals surface area (Å²) in [5, 5.41) is 4.32. The number of anilines is 1. The number of nitrogens with one attached hydrogen (secondary N) is 3. The van der Waals surface area contributed by atoms with Crippen LogP contribution in [-0.4, -0.2) is 12.6 Å². The van der Waals surface area contributed by atoms with Gasteiger partial charge in [-0.2, -0.15) is 0 Å². The molecule has 110 valence electrons. The number of hydrazine groups is 1. The number of rotatable bonds is 5. The quantitative estimate of drug-likeness (QED) is 0.720. The summed E-state index contributed by atoms with van der Waals surface area (Å²) < 4.78 is 0. The molecule has 20 heavy (non-hydrogen) atoms. The molecule has 0 amide bonds. The van der Waals surface area contributed by atoms with Gasteiger partial charge in [-0.3, -0.25) is 5.43 Å². The Bertz CT molecular complexity index is 484. The predicted molar refractivity (Wildman–Crippen MR) is 86.8 cm³/mol. The third kappa shape index (κ3) is 3.68. The van der Waals surface area contributed by atoms with Crippen molar-refractivity contribution in [1.29, 1.82) is 0 Å². The molecule has 1 heterocycles. The van der Waals surface area contributed by atoms with Gasteiger partial charge >= 0.3 is 0 Å². The Labute approximate surface area is 126 Å². The molecule has 1 aliphatic rings. The van der Waals surface area contributed by atoms with Gasteiger partial charge in [0.2, 0.25) is 0 Å². The van der Waals surface area contributed by atoms with Gasteiger partial charge in [-0.05, 0) is 37.0 Å². The summed E-state index contributed by atoms with van der Waals surface area (Å²) >= 11 is 6.12. The van der Waals surface area contributed by atoms with E-state index in [-0.39, 0.29) is 0 Å². The van der Waals surface area contributed by atoms with Crippen molar-refractivity contribution in [3.05, 3.63) is 40.6 Å². The van der Waals surface area contributed by atoms with Crippen molar-refractivity contribution >= 4 is 17.3 Å². The highest BCUT2D eigenvalue weighted by Crippen LogP contribution is 2.24. The Morgan fingerprint density at radius 2 is 2.20 bits per heavy atom. The van der Waals surface area contributed by atoms with Crippen LogP contribution < -0.4 is 16.2 Å². The first-order chi connectivity index (χ1) is 9.61. The monoisotopic (exact) mass is 293 g/mol. The van der Waals surface area contributed by atoms with E-state index in [9.17, 15) is 0 Å². The first-order valence-corrected chi connectivity index (χ1v) is 7.68. The lowest BCUT2D eigenvalue weighted by Gasteiger charge is -2.17. The fourth-order valence-electron chi connectivity index (χ4n) is 2.45. The van der Waals surface area contributed by atoms with Gasteiger partial charge in [0.15, 0.2) is 0 Å². The maximum atomic E-state index is 6.12. The maximum Gasteiger partial charge on any atom is 0.0725 e. The number of hydrogen-bond acceptors (Lipinski definition) is 3. The number of hydrogen-bond donors (Lipinski definition) is 3. The minimum atomic E-state index is 0.604. The van der Waals surface area contributed by atoms with Crippen LogP contribution in [0.3, 0.4) is 0 Å². The van der Waals surface area contributed by atoms with Crippen LogP contribution in [0, 0.1) is 5.92 Å². The van der Waals surface area contributed by atoms with Gasteiger partial charge in [-0.25, -0.2) is 0 Å². The van der Waals surface area contributed by atoms with Crippen LogP contribution in [0.25, 0.3) is 0 Å². The highest BCUT2D eigenvalue weighted by molar-refractivity contribution is 6.33. The van der Waals surface area contributed by atoms with Crippen molar-refractivity contribution in [3.63, 3.8) is 0 Å². The number of halogens is 1. The van der Waals surface area contributed by atoms with Gasteiger partial charge in [0.25, 0.3) is 0 Å². The molecule has 4 heteroatoms. The maximum absolute atomic E-state index is 6.12. The molecule has 0 aromatic heterocycles. The molecule has 2 unspecified atom stereocenters. The zero-order valence-electron chi connectivity index (χ0n) is 12.5. The molecule has 2 rings (SSSR count). The summed E-state index contributed by atoms with van der Waals surface area (Å²) in [5.74, 6) is 0.719. The molecule has 3 N–H and O–H groups in total. The first-order valence-electron chi connectivity index (χ1n) is 7.30. The van der Waals surface area contributed by atoms with Crippen LogP contribution in [-0.2, 0) is 0 Å². The van der Waals surface area contributed by atoms with Crippen molar-refractivity contribution < 1.29 is 0 Å². The first kappa shape index (κ1) is 15.2. The van der Waals surface area contributed by atoms with Gasteiger partial charge in [-0.15, -0.1) is 0 Å². The molecule has 2 atom stereocenters. The van der Waals surface area contributed by atoms with Crippen LogP contribution in [0.15, 0.2) is 35.5 Å². The molecular weight excluding hydrogens is 270 g/mol. The van der Waals surface area contributed by atoms with Gasteiger partial charge in [0, 0.05) is 18.3 Å². The van der Waals surface area contributed by atoms with Crippen molar-refractivity contribution in [2.45, 2.75) is 39.7 Å². The second kappa shape index (κ2) is 7.00. The van der Waals surface area contributed by atoms with Gasteiger partial charge in [-0.1, -0.05) is 44.0 Å². The summed E-state index contributed by atoms with van der Waals surface area (Å²) in [5.41, 5.74) is 9.97. The number of para-hydroxylation sites is 1. The van der Waals surface area contributed by atoms with Crippen LogP contribution in [0.4, 0.5) is 5.69 Å². The molecular formula is C16H24ClN3. The molecule has 0 aliphatic carbocycles. The van der Waals surface area contributed by atoms with Crippen LogP contribution in [0.2, 0.25) is 5.02 Å². The van der Waals surface area contributed by atoms with Gasteiger partial charge < -0.3 is 10.7 Å². The Hall–Kier alpha value is -1.19. The van der Waals surface area contributed by atoms with E-state index in [2.05, 4.69) is 36.9 Å². The van der Waals surface area contributed by atoms with Crippen LogP contribution >= 0.6 is 11.6 Å². The van der Waals surface area contributed by atoms with E-state index in [1.54, 1.807) is 0 Å². The Kier molecular flexibility index (Phi) is 5.32. The third-order valence-corrected chi connectivity index (χ3v) is 4.49. The van der Waals surface area contributed by atoms with E-state index >= 15 is 0 Å². The summed E-state index contributed by atoms with van der Waals surface area (Å²) in [6.07, 6.45) is 2.34. The highest BCUT2D eigenvalue weighted by Gasteiger charge is 2.24. The van der Waals surface area contributed by atoms with Crippen LogP contribution in [0.1, 0.15) is 33.6 Å². The summed E-state index contributed by atoms with van der Waals surface area (Å²) in [7, 11) is 0. The standard InChI is InChI=1S/C16H24ClN3/c1-4-11(2)16-9-13(10-18-16)12(3)19-20-15-8-6-5-7-14(15)17/h5-8,11,16,18-20H,4,9-10H2,1-3H3. The van der Waals surface area contributed by atoms with E-state index in [4.69, 9.17) is 11.6 Å². The third-order valence-electron chi connectivity index (χ3n) is 4.16. The van der Waals surface area contributed by atoms with E-state index in [0.29, 0.717) is 6.04 Å². The lowest BCUT2D eigenvalue weighted by atomic mass is 9.96. The van der Waals surface area contributed by atoms with Crippen molar-refractivity contribution in [3.8, 4) is 0 Å². The lowest BCUT2D eigenvalue weighted by molar-refractivity contribution is 0.411. The fourth-order valence-corrected chi connectivity index (χ4v) is 2.63. The summed E-state index contributed by atoms with van der Waals surface area (Å²) in [6, 6.07) is 8.34. The summed E-state index contributed by atoms with van der Waals surface area (Å²) in [6.45, 7) is 7.64. The second-order valence-electron chi connectivity index (χ2n) is 5.54. The van der Waals surface area contributed by atoms with Crippen molar-refractivity contribution in [2.24, 2.45) is 5.92 Å². The average Bonchev–Trinajstić information content (AvgIpc) is 2.95. The van der Waals surface area contributed by atoms with Crippen molar-refractivity contribution in [1.82, 2.24) is 10.7 Å². The number of benzene rings is 1. The Morgan fingerprint density at radius 1 is 1.45 bits per heavy atom. The highest BCUT2D eigenvalue weighted by atomic mass is 35.5. The molecule has 1 aromatic carbocycles. The molecule has 0 spiro atoms. The second-order valence-corrected chi connectivity index (χ2v) is 5.94. The van der Waals surface area contributed by atoms with Gasteiger partial charge in [0.05, 0.1) is 10.7 Å². The average molecular weight is 294 g/mol. The summed E-state index contributed by atoms with van der Waals surface area (Å²) in [4.78, 5) is 0. The van der Waals surface area contributed by atoms with Gasteiger partial charge in [0.1, 0.15) is 0 Å². The normalized spacial score (nSPS) is 22.5. The SMILES string of the molecule is CCC(C)C1CC(=C(C)NNc2ccccc2Cl)CN1. The largest absolute Gasteiger partial charge is 0.310 e. The van der Waals surface area contributed by atoms with E-state index in [0.717, 1.165) is 29.6 Å². The van der Waals surface area contributed by atoms with Crippen molar-refractivity contribution in [2.75, 3.05) is 12.0 Å². The Morgan fingerprint density at radius 3 is 2.90 bits per heavy atom. The minimum Gasteiger partial charge on any atom is -0.310 e. The smallest absolute Gasteiger partial charge is 0.0725 e. The topological polar surface area (TPSA) is 36.1 Å². The zero-order valence-corrected chi connectivity index (χ0v) is 13.2. The lowest BCUT2D eigenvalue weighted by Crippen LogP contribution is -2.27. The zero-order chi connectivity index (χ0) is 14.5. The van der Waals surface area contributed by atoms with E-state index < -0.39 is 0 Å². The predicted octanol–water partition coefficient (Wildman–Crippen LogP) is 3.94. The number of allylic oxidation sites excluding steroid dienone is 1. The molecule has 1 aromatic rings. The minimum absolute atomic E-state index is 0.604. The van der Waals surface area contributed by atoms with Crippen LogP contribution in [0.5, 0.6) is 0 Å². The molecule has 0 radical (unpaired) electrons. The fraction of sp³-hybridized carbons (Fsp3) is 0.500. The molecule has 0 bridgehead atoms. The van der Waals surface area contributed by atoms with E-state index in [1.165, 1.54) is 17.7 Å². The molecule has 1 aliphatic heterocycles. The molecule has 1 saturated heterocycles. The van der Waals surface area contributed by atoms with E-state index in [1.807, 2.05) is 24.3 Å². The molecule has 1 fully saturated rings. The molecule has 3 nitrogen and oxygen atoms in total. The Balaban J connectivity index is 1.93.